The van der Waals surface area contributed by atoms with Crippen molar-refractivity contribution in [3.8, 4) is 11.6 Å². The van der Waals surface area contributed by atoms with Crippen molar-refractivity contribution in [2.24, 2.45) is 0 Å². The zero-order valence-electron chi connectivity index (χ0n) is 19.2. The molecule has 0 unspecified atom stereocenters. The normalized spacial score (nSPS) is 10.8. The smallest absolute Gasteiger partial charge is 0.251 e. The van der Waals surface area contributed by atoms with Crippen LogP contribution in [0.4, 0.5) is 17.3 Å². The Morgan fingerprint density at radius 2 is 1.88 bits per heavy atom. The number of hydrogen-bond acceptors (Lipinski definition) is 7. The lowest BCUT2D eigenvalue weighted by Crippen LogP contribution is -2.27. The Bertz CT molecular complexity index is 1310. The van der Waals surface area contributed by atoms with Crippen molar-refractivity contribution < 1.29 is 14.3 Å². The molecule has 0 fully saturated rings. The Hall–Kier alpha value is -4.17. The lowest BCUT2D eigenvalue weighted by molar-refractivity contribution is 0.0937. The number of nitrogens with one attached hydrogen (secondary N) is 2. The standard InChI is InChI=1S/C26H27N5O3/c1-3-17-14-18(25(32)28-12-13-33-2)16-19(15-17)30-26-29-11-10-24(31-26)34-23-9-8-22(27)20-6-4-5-7-21(20)23/h4-11,14-16H,3,12-13,27H2,1-2H3,(H,28,32)(H,29,30,31). The van der Waals surface area contributed by atoms with Crippen molar-refractivity contribution in [3.63, 3.8) is 0 Å². The van der Waals surface area contributed by atoms with E-state index in [-0.39, 0.29) is 5.91 Å². The minimum Gasteiger partial charge on any atom is -0.438 e. The summed E-state index contributed by atoms with van der Waals surface area (Å²) in [6, 6.07) is 18.7. The van der Waals surface area contributed by atoms with Crippen LogP contribution >= 0.6 is 0 Å². The number of nitrogens with zero attached hydrogens (tertiary/aromatic N) is 2. The van der Waals surface area contributed by atoms with E-state index in [4.69, 9.17) is 15.2 Å². The van der Waals surface area contributed by atoms with Gasteiger partial charge in [-0.2, -0.15) is 4.98 Å². The number of benzene rings is 3. The second-order valence-electron chi connectivity index (χ2n) is 7.66. The van der Waals surface area contributed by atoms with Crippen LogP contribution in [0.1, 0.15) is 22.8 Å². The van der Waals surface area contributed by atoms with Crippen molar-refractivity contribution in [1.29, 1.82) is 0 Å². The lowest BCUT2D eigenvalue weighted by atomic mass is 10.1. The number of rotatable bonds is 9. The summed E-state index contributed by atoms with van der Waals surface area (Å²) >= 11 is 0. The van der Waals surface area contributed by atoms with E-state index in [0.29, 0.717) is 47.7 Å². The van der Waals surface area contributed by atoms with Gasteiger partial charge in [0.2, 0.25) is 11.8 Å². The molecular weight excluding hydrogens is 430 g/mol. The fourth-order valence-electron chi connectivity index (χ4n) is 3.55. The van der Waals surface area contributed by atoms with E-state index >= 15 is 0 Å². The predicted molar refractivity (Wildman–Crippen MR) is 134 cm³/mol. The molecule has 0 spiro atoms. The van der Waals surface area contributed by atoms with Crippen LogP contribution < -0.4 is 21.1 Å². The van der Waals surface area contributed by atoms with Crippen molar-refractivity contribution in [2.75, 3.05) is 31.3 Å². The molecule has 1 aromatic heterocycles. The number of hydrogen-bond donors (Lipinski definition) is 3. The number of anilines is 3. The van der Waals surface area contributed by atoms with Gasteiger partial charge in [0.25, 0.3) is 5.91 Å². The Kier molecular flexibility index (Phi) is 7.19. The summed E-state index contributed by atoms with van der Waals surface area (Å²) in [5.41, 5.74) is 9.06. The molecule has 0 saturated carbocycles. The van der Waals surface area contributed by atoms with Crippen LogP contribution in [-0.4, -0.2) is 36.1 Å². The minimum absolute atomic E-state index is 0.163. The third-order valence-electron chi connectivity index (χ3n) is 5.27. The summed E-state index contributed by atoms with van der Waals surface area (Å²) in [6.07, 6.45) is 2.40. The summed E-state index contributed by atoms with van der Waals surface area (Å²) in [4.78, 5) is 21.3. The molecule has 8 nitrogen and oxygen atoms in total. The second-order valence-corrected chi connectivity index (χ2v) is 7.66. The average molecular weight is 458 g/mol. The number of ether oxygens (including phenoxy) is 2. The molecule has 3 aromatic carbocycles. The molecule has 0 atom stereocenters. The van der Waals surface area contributed by atoms with Crippen LogP contribution in [0.25, 0.3) is 10.8 Å². The zero-order chi connectivity index (χ0) is 23.9. The van der Waals surface area contributed by atoms with Crippen LogP contribution in [-0.2, 0) is 11.2 Å². The van der Waals surface area contributed by atoms with E-state index in [0.717, 1.165) is 22.8 Å². The summed E-state index contributed by atoms with van der Waals surface area (Å²) in [6.45, 7) is 2.93. The minimum atomic E-state index is -0.163. The zero-order valence-corrected chi connectivity index (χ0v) is 19.2. The van der Waals surface area contributed by atoms with Crippen LogP contribution in [0.15, 0.2) is 66.9 Å². The first kappa shape index (κ1) is 23.0. The van der Waals surface area contributed by atoms with Crippen LogP contribution in [0, 0.1) is 0 Å². The highest BCUT2D eigenvalue weighted by molar-refractivity contribution is 5.97. The predicted octanol–water partition coefficient (Wildman–Crippen LogP) is 4.69. The molecule has 0 aliphatic heterocycles. The monoisotopic (exact) mass is 457 g/mol. The molecule has 0 bridgehead atoms. The number of carbonyl (C=O) groups excluding carboxylic acids is 1. The van der Waals surface area contributed by atoms with E-state index in [2.05, 4.69) is 20.6 Å². The molecule has 4 rings (SSSR count). The first-order valence-electron chi connectivity index (χ1n) is 11.0. The molecule has 0 aliphatic rings. The molecule has 0 aliphatic carbocycles. The average Bonchev–Trinajstić information content (AvgIpc) is 2.86. The fourth-order valence-corrected chi connectivity index (χ4v) is 3.55. The Morgan fingerprint density at radius 1 is 1.06 bits per heavy atom. The van der Waals surface area contributed by atoms with Gasteiger partial charge in [-0.3, -0.25) is 4.79 Å². The van der Waals surface area contributed by atoms with Gasteiger partial charge in [0, 0.05) is 53.6 Å². The van der Waals surface area contributed by atoms with Crippen molar-refractivity contribution in [1.82, 2.24) is 15.3 Å². The fraction of sp³-hybridized carbons (Fsp3) is 0.192. The van der Waals surface area contributed by atoms with Crippen LogP contribution in [0.2, 0.25) is 0 Å². The molecule has 4 aromatic rings. The highest BCUT2D eigenvalue weighted by Crippen LogP contribution is 2.32. The summed E-state index contributed by atoms with van der Waals surface area (Å²) in [5.74, 6) is 1.23. The van der Waals surface area contributed by atoms with Gasteiger partial charge in [-0.1, -0.05) is 31.2 Å². The maximum atomic E-state index is 12.5. The van der Waals surface area contributed by atoms with Crippen molar-refractivity contribution >= 4 is 34.0 Å². The summed E-state index contributed by atoms with van der Waals surface area (Å²) < 4.78 is 11.1. The molecule has 34 heavy (non-hydrogen) atoms. The number of carbonyl (C=O) groups is 1. The molecule has 1 amide bonds. The van der Waals surface area contributed by atoms with E-state index < -0.39 is 0 Å². The molecule has 0 saturated heterocycles. The lowest BCUT2D eigenvalue weighted by Gasteiger charge is -2.12. The van der Waals surface area contributed by atoms with E-state index in [1.165, 1.54) is 0 Å². The molecule has 174 valence electrons. The van der Waals surface area contributed by atoms with Crippen LogP contribution in [0.3, 0.4) is 0 Å². The second kappa shape index (κ2) is 10.6. The Labute approximate surface area is 198 Å². The number of methoxy groups -OCH3 is 1. The topological polar surface area (TPSA) is 111 Å². The first-order valence-corrected chi connectivity index (χ1v) is 11.0. The molecule has 1 heterocycles. The molecule has 8 heteroatoms. The third-order valence-corrected chi connectivity index (χ3v) is 5.27. The number of amides is 1. The van der Waals surface area contributed by atoms with Crippen molar-refractivity contribution in [3.05, 3.63) is 78.0 Å². The number of aryl methyl sites for hydroxylation is 1. The van der Waals surface area contributed by atoms with E-state index in [1.807, 2.05) is 55.5 Å². The van der Waals surface area contributed by atoms with Gasteiger partial charge in [-0.15, -0.1) is 0 Å². The number of nitrogen functional groups attached to an aromatic ring is 1. The molecule has 0 radical (unpaired) electrons. The van der Waals surface area contributed by atoms with Gasteiger partial charge in [-0.25, -0.2) is 4.98 Å². The van der Waals surface area contributed by atoms with Gasteiger partial charge < -0.3 is 25.8 Å². The maximum Gasteiger partial charge on any atom is 0.251 e. The van der Waals surface area contributed by atoms with Crippen molar-refractivity contribution in [2.45, 2.75) is 13.3 Å². The van der Waals surface area contributed by atoms with Gasteiger partial charge >= 0.3 is 0 Å². The van der Waals surface area contributed by atoms with Gasteiger partial charge in [-0.05, 0) is 42.3 Å². The van der Waals surface area contributed by atoms with E-state index in [1.54, 1.807) is 25.4 Å². The molecular formula is C26H27N5O3. The maximum absolute atomic E-state index is 12.5. The number of aromatic nitrogens is 2. The van der Waals surface area contributed by atoms with Gasteiger partial charge in [0.15, 0.2) is 0 Å². The molecule has 4 N–H and O–H groups in total. The quantitative estimate of drug-likeness (QED) is 0.247. The largest absolute Gasteiger partial charge is 0.438 e. The van der Waals surface area contributed by atoms with Gasteiger partial charge in [0.05, 0.1) is 6.61 Å². The SMILES string of the molecule is CCc1cc(Nc2nccc(Oc3ccc(N)c4ccccc34)n2)cc(C(=O)NCCOC)c1. The Morgan fingerprint density at radius 3 is 2.68 bits per heavy atom. The Balaban J connectivity index is 1.55. The van der Waals surface area contributed by atoms with Gasteiger partial charge in [0.1, 0.15) is 5.75 Å². The highest BCUT2D eigenvalue weighted by atomic mass is 16.5. The van der Waals surface area contributed by atoms with E-state index in [9.17, 15) is 4.79 Å². The number of fused-ring (bicyclic) bond motifs is 1. The highest BCUT2D eigenvalue weighted by Gasteiger charge is 2.11. The third kappa shape index (κ3) is 5.41. The summed E-state index contributed by atoms with van der Waals surface area (Å²) in [5, 5.41) is 7.85. The first-order chi connectivity index (χ1) is 16.6. The summed E-state index contributed by atoms with van der Waals surface area (Å²) in [7, 11) is 1.60. The number of nitrogens with two attached hydrogens (primary N) is 1. The van der Waals surface area contributed by atoms with Crippen LogP contribution in [0.5, 0.6) is 11.6 Å².